The van der Waals surface area contributed by atoms with Crippen LogP contribution in [0.15, 0.2) is 89.4 Å². The lowest BCUT2D eigenvalue weighted by Crippen LogP contribution is -2.12. The van der Waals surface area contributed by atoms with E-state index in [0.717, 1.165) is 21.8 Å². The molecular formula is C20H15N3O2S2. The molecule has 0 saturated heterocycles. The fourth-order valence-electron chi connectivity index (χ4n) is 2.59. The molecule has 0 aliphatic heterocycles. The van der Waals surface area contributed by atoms with Gasteiger partial charge in [0.15, 0.2) is 0 Å². The van der Waals surface area contributed by atoms with Crippen LogP contribution < -0.4 is 4.72 Å². The Morgan fingerprint density at radius 1 is 0.852 bits per heavy atom. The van der Waals surface area contributed by atoms with E-state index in [4.69, 9.17) is 0 Å². The van der Waals surface area contributed by atoms with Crippen molar-refractivity contribution < 1.29 is 8.42 Å². The maximum absolute atomic E-state index is 12.5. The smallest absolute Gasteiger partial charge is 0.261 e. The molecule has 4 aromatic rings. The molecule has 0 amide bonds. The van der Waals surface area contributed by atoms with Crippen LogP contribution in [0.2, 0.25) is 0 Å². The van der Waals surface area contributed by atoms with Crippen molar-refractivity contribution in [3.05, 3.63) is 84.5 Å². The molecule has 0 bridgehead atoms. The highest BCUT2D eigenvalue weighted by atomic mass is 32.2. The predicted molar refractivity (Wildman–Crippen MR) is 108 cm³/mol. The third-order valence-electron chi connectivity index (χ3n) is 3.90. The molecule has 4 rings (SSSR count). The lowest BCUT2D eigenvalue weighted by Gasteiger charge is -2.09. The summed E-state index contributed by atoms with van der Waals surface area (Å²) in [6, 6.07) is 19.3. The molecule has 0 unspecified atom stereocenters. The Morgan fingerprint density at radius 3 is 2.41 bits per heavy atom. The first-order valence-electron chi connectivity index (χ1n) is 8.16. The number of sulfonamides is 1. The quantitative estimate of drug-likeness (QED) is 0.535. The number of hydrogen-bond acceptors (Lipinski definition) is 5. The normalized spacial score (nSPS) is 11.3. The second-order valence-corrected chi connectivity index (χ2v) is 8.31. The highest BCUT2D eigenvalue weighted by molar-refractivity contribution is 7.92. The van der Waals surface area contributed by atoms with E-state index in [1.54, 1.807) is 54.9 Å². The van der Waals surface area contributed by atoms with Crippen LogP contribution in [0.25, 0.3) is 21.8 Å². The number of nitrogens with one attached hydrogen (secondary N) is 1. The highest BCUT2D eigenvalue weighted by Gasteiger charge is 2.14. The van der Waals surface area contributed by atoms with E-state index in [0.29, 0.717) is 5.69 Å². The van der Waals surface area contributed by atoms with E-state index < -0.39 is 10.0 Å². The Kier molecular flexibility index (Phi) is 4.70. The molecule has 27 heavy (non-hydrogen) atoms. The molecule has 134 valence electrons. The number of thiazole rings is 1. The molecular weight excluding hydrogens is 378 g/mol. The summed E-state index contributed by atoms with van der Waals surface area (Å²) in [5.74, 6) is 0. The summed E-state index contributed by atoms with van der Waals surface area (Å²) in [4.78, 5) is 8.90. The third kappa shape index (κ3) is 3.89. The van der Waals surface area contributed by atoms with Crippen LogP contribution in [0.3, 0.4) is 0 Å². The van der Waals surface area contributed by atoms with Gasteiger partial charge in [0.05, 0.1) is 10.6 Å². The minimum atomic E-state index is -3.62. The lowest BCUT2D eigenvalue weighted by molar-refractivity contribution is 0.601. The number of benzene rings is 2. The SMILES string of the molecule is O=S(=O)(Nc1cccc(-c2csc(-c3ccncc3)n2)c1)c1ccccc1. The van der Waals surface area contributed by atoms with Gasteiger partial charge < -0.3 is 0 Å². The van der Waals surface area contributed by atoms with Crippen molar-refractivity contribution in [3.63, 3.8) is 0 Å². The Hall–Kier alpha value is -3.03. The molecule has 0 aliphatic carbocycles. The lowest BCUT2D eigenvalue weighted by atomic mass is 10.1. The number of nitrogens with zero attached hydrogens (tertiary/aromatic N) is 2. The second kappa shape index (κ2) is 7.30. The highest BCUT2D eigenvalue weighted by Crippen LogP contribution is 2.30. The number of anilines is 1. The first-order chi connectivity index (χ1) is 13.1. The largest absolute Gasteiger partial charge is 0.280 e. The summed E-state index contributed by atoms with van der Waals surface area (Å²) in [6.07, 6.45) is 3.46. The van der Waals surface area contributed by atoms with E-state index in [1.165, 1.54) is 11.3 Å². The molecule has 2 aromatic carbocycles. The standard InChI is InChI=1S/C20H15N3O2S2/c24-27(25,18-7-2-1-3-8-18)23-17-6-4-5-16(13-17)19-14-26-20(22-19)15-9-11-21-12-10-15/h1-14,23H. The molecule has 0 fully saturated rings. The third-order valence-corrected chi connectivity index (χ3v) is 6.18. The van der Waals surface area contributed by atoms with Gasteiger partial charge in [0, 0.05) is 34.6 Å². The molecule has 7 heteroatoms. The molecule has 0 spiro atoms. The summed E-state index contributed by atoms with van der Waals surface area (Å²) in [5.41, 5.74) is 3.14. The van der Waals surface area contributed by atoms with E-state index >= 15 is 0 Å². The van der Waals surface area contributed by atoms with Crippen LogP contribution in [0.4, 0.5) is 5.69 Å². The average Bonchev–Trinajstić information content (AvgIpc) is 3.20. The minimum Gasteiger partial charge on any atom is -0.280 e. The molecule has 2 aromatic heterocycles. The van der Waals surface area contributed by atoms with E-state index in [-0.39, 0.29) is 4.90 Å². The predicted octanol–water partition coefficient (Wildman–Crippen LogP) is 4.67. The molecule has 0 saturated carbocycles. The van der Waals surface area contributed by atoms with Crippen molar-refractivity contribution in [1.29, 1.82) is 0 Å². The molecule has 0 aliphatic rings. The summed E-state index contributed by atoms with van der Waals surface area (Å²) < 4.78 is 27.6. The topological polar surface area (TPSA) is 72.0 Å². The van der Waals surface area contributed by atoms with Gasteiger partial charge in [0.2, 0.25) is 0 Å². The molecule has 2 heterocycles. The molecule has 0 atom stereocenters. The number of aromatic nitrogens is 2. The van der Waals surface area contributed by atoms with Gasteiger partial charge >= 0.3 is 0 Å². The average molecular weight is 393 g/mol. The Balaban J connectivity index is 1.61. The minimum absolute atomic E-state index is 0.226. The van der Waals surface area contributed by atoms with Gasteiger partial charge in [-0.3, -0.25) is 9.71 Å². The van der Waals surface area contributed by atoms with Crippen LogP contribution in [0, 0.1) is 0 Å². The van der Waals surface area contributed by atoms with Gasteiger partial charge in [-0.25, -0.2) is 13.4 Å². The van der Waals surface area contributed by atoms with Crippen LogP contribution >= 0.6 is 11.3 Å². The van der Waals surface area contributed by atoms with Crippen LogP contribution in [0.5, 0.6) is 0 Å². The Labute approximate surface area is 161 Å². The monoisotopic (exact) mass is 393 g/mol. The number of rotatable bonds is 5. The number of pyridine rings is 1. The van der Waals surface area contributed by atoms with Crippen molar-refractivity contribution in [3.8, 4) is 21.8 Å². The second-order valence-electron chi connectivity index (χ2n) is 5.77. The van der Waals surface area contributed by atoms with Crippen molar-refractivity contribution in [2.24, 2.45) is 0 Å². The first kappa shape index (κ1) is 17.4. The summed E-state index contributed by atoms with van der Waals surface area (Å²) >= 11 is 1.54. The summed E-state index contributed by atoms with van der Waals surface area (Å²) in [6.45, 7) is 0. The molecule has 5 nitrogen and oxygen atoms in total. The fraction of sp³-hybridized carbons (Fsp3) is 0. The van der Waals surface area contributed by atoms with Crippen LogP contribution in [0.1, 0.15) is 0 Å². The number of hydrogen-bond donors (Lipinski definition) is 1. The molecule has 1 N–H and O–H groups in total. The van der Waals surface area contributed by atoms with Crippen molar-refractivity contribution >= 4 is 27.0 Å². The summed E-state index contributed by atoms with van der Waals surface area (Å²) in [5, 5.41) is 2.85. The zero-order valence-electron chi connectivity index (χ0n) is 14.1. The van der Waals surface area contributed by atoms with Gasteiger partial charge in [-0.15, -0.1) is 11.3 Å². The van der Waals surface area contributed by atoms with Crippen molar-refractivity contribution in [1.82, 2.24) is 9.97 Å². The Morgan fingerprint density at radius 2 is 1.63 bits per heavy atom. The van der Waals surface area contributed by atoms with E-state index in [1.807, 2.05) is 29.6 Å². The zero-order chi connectivity index (χ0) is 18.7. The van der Waals surface area contributed by atoms with Crippen LogP contribution in [-0.4, -0.2) is 18.4 Å². The van der Waals surface area contributed by atoms with Crippen LogP contribution in [-0.2, 0) is 10.0 Å². The fourth-order valence-corrected chi connectivity index (χ4v) is 4.49. The van der Waals surface area contributed by atoms with Gasteiger partial charge in [-0.1, -0.05) is 30.3 Å². The van der Waals surface area contributed by atoms with Gasteiger partial charge in [0.25, 0.3) is 10.0 Å². The Bertz CT molecular complexity index is 1160. The maximum Gasteiger partial charge on any atom is 0.261 e. The van der Waals surface area contributed by atoms with Gasteiger partial charge in [-0.2, -0.15) is 0 Å². The van der Waals surface area contributed by atoms with Gasteiger partial charge in [-0.05, 0) is 36.4 Å². The molecule has 0 radical (unpaired) electrons. The maximum atomic E-state index is 12.5. The van der Waals surface area contributed by atoms with Gasteiger partial charge in [0.1, 0.15) is 5.01 Å². The zero-order valence-corrected chi connectivity index (χ0v) is 15.7. The van der Waals surface area contributed by atoms with Crippen molar-refractivity contribution in [2.75, 3.05) is 4.72 Å². The summed E-state index contributed by atoms with van der Waals surface area (Å²) in [7, 11) is -3.62. The van der Waals surface area contributed by atoms with Crippen molar-refractivity contribution in [2.45, 2.75) is 4.90 Å². The first-order valence-corrected chi connectivity index (χ1v) is 10.5. The van der Waals surface area contributed by atoms with E-state index in [9.17, 15) is 8.42 Å². The van der Waals surface area contributed by atoms with E-state index in [2.05, 4.69) is 14.7 Å².